The summed E-state index contributed by atoms with van der Waals surface area (Å²) in [4.78, 5) is 11.7. The highest BCUT2D eigenvalue weighted by atomic mass is 19.1. The number of carbonyl (C=O) groups is 1. The molecule has 4 nitrogen and oxygen atoms in total. The van der Waals surface area contributed by atoms with Crippen molar-refractivity contribution in [1.29, 1.82) is 0 Å². The molecular weight excluding hydrogens is 252 g/mol. The molecule has 19 heavy (non-hydrogen) atoms. The first-order valence-electron chi connectivity index (χ1n) is 5.86. The normalized spacial score (nSPS) is 10.5. The van der Waals surface area contributed by atoms with Crippen molar-refractivity contribution in [3.8, 4) is 0 Å². The van der Waals surface area contributed by atoms with Gasteiger partial charge in [-0.15, -0.1) is 0 Å². The fourth-order valence-electron chi connectivity index (χ4n) is 1.65. The van der Waals surface area contributed by atoms with Gasteiger partial charge in [0, 0.05) is 12.7 Å². The third kappa shape index (κ3) is 2.96. The molecule has 0 aliphatic carbocycles. The van der Waals surface area contributed by atoms with Crippen molar-refractivity contribution in [2.75, 3.05) is 0 Å². The fraction of sp³-hybridized carbons (Fsp3) is 0.231. The molecule has 2 rings (SSSR count). The molecule has 0 atom stereocenters. The van der Waals surface area contributed by atoms with Gasteiger partial charge >= 0.3 is 0 Å². The molecule has 0 saturated heterocycles. The van der Waals surface area contributed by atoms with Gasteiger partial charge in [-0.2, -0.15) is 5.10 Å². The quantitative estimate of drug-likeness (QED) is 0.920. The van der Waals surface area contributed by atoms with Crippen LogP contribution in [0.5, 0.6) is 0 Å². The van der Waals surface area contributed by atoms with E-state index in [0.717, 1.165) is 18.7 Å². The summed E-state index contributed by atoms with van der Waals surface area (Å²) in [5.74, 6) is -2.55. The molecule has 0 spiro atoms. The minimum Gasteiger partial charge on any atom is -0.346 e. The van der Waals surface area contributed by atoms with Crippen LogP contribution in [0.3, 0.4) is 0 Å². The molecule has 0 aliphatic rings. The van der Waals surface area contributed by atoms with Crippen LogP contribution >= 0.6 is 0 Å². The lowest BCUT2D eigenvalue weighted by Gasteiger charge is -2.05. The topological polar surface area (TPSA) is 46.9 Å². The van der Waals surface area contributed by atoms with E-state index in [2.05, 4.69) is 10.4 Å². The molecule has 1 N–H and O–H groups in total. The van der Waals surface area contributed by atoms with Crippen LogP contribution in [0.1, 0.15) is 23.0 Å². The first-order chi connectivity index (χ1) is 9.11. The van der Waals surface area contributed by atoms with Gasteiger partial charge in [0.1, 0.15) is 17.2 Å². The molecule has 6 heteroatoms. The van der Waals surface area contributed by atoms with Gasteiger partial charge in [-0.25, -0.2) is 8.78 Å². The highest BCUT2D eigenvalue weighted by Gasteiger charge is 2.16. The van der Waals surface area contributed by atoms with Gasteiger partial charge in [0.2, 0.25) is 0 Å². The van der Waals surface area contributed by atoms with Crippen molar-refractivity contribution in [2.45, 2.75) is 20.0 Å². The first kappa shape index (κ1) is 13.2. The van der Waals surface area contributed by atoms with Gasteiger partial charge in [0.15, 0.2) is 0 Å². The Bertz CT molecular complexity index is 575. The van der Waals surface area contributed by atoms with Gasteiger partial charge in [-0.1, -0.05) is 6.07 Å². The van der Waals surface area contributed by atoms with Crippen LogP contribution in [0.4, 0.5) is 8.78 Å². The molecule has 0 saturated carbocycles. The third-order valence-electron chi connectivity index (χ3n) is 2.64. The summed E-state index contributed by atoms with van der Waals surface area (Å²) in [6, 6.07) is 5.04. The van der Waals surface area contributed by atoms with E-state index in [0.29, 0.717) is 5.69 Å². The molecule has 1 aromatic carbocycles. The molecule has 1 aromatic heterocycles. The van der Waals surface area contributed by atoms with Gasteiger partial charge in [-0.3, -0.25) is 9.48 Å². The Morgan fingerprint density at radius 3 is 2.58 bits per heavy atom. The number of benzene rings is 1. The Morgan fingerprint density at radius 1 is 1.32 bits per heavy atom. The second-order valence-electron chi connectivity index (χ2n) is 3.94. The monoisotopic (exact) mass is 265 g/mol. The second kappa shape index (κ2) is 5.60. The average Bonchev–Trinajstić information content (AvgIpc) is 2.84. The SMILES string of the molecule is CCn1ccc(CNC(=O)c2c(F)cccc2F)n1. The van der Waals surface area contributed by atoms with Crippen LogP contribution in [-0.4, -0.2) is 15.7 Å². The molecule has 1 amide bonds. The number of amides is 1. The molecule has 1 heterocycles. The van der Waals surface area contributed by atoms with E-state index >= 15 is 0 Å². The van der Waals surface area contributed by atoms with Crippen molar-refractivity contribution >= 4 is 5.91 Å². The minimum absolute atomic E-state index is 0.125. The van der Waals surface area contributed by atoms with E-state index < -0.39 is 23.1 Å². The van der Waals surface area contributed by atoms with Crippen LogP contribution in [-0.2, 0) is 13.1 Å². The Morgan fingerprint density at radius 2 is 2.00 bits per heavy atom. The predicted octanol–water partition coefficient (Wildman–Crippen LogP) is 2.11. The summed E-state index contributed by atoms with van der Waals surface area (Å²) < 4.78 is 28.4. The molecular formula is C13H13F2N3O. The fourth-order valence-corrected chi connectivity index (χ4v) is 1.65. The van der Waals surface area contributed by atoms with E-state index in [1.165, 1.54) is 6.07 Å². The predicted molar refractivity (Wildman–Crippen MR) is 65.4 cm³/mol. The average molecular weight is 265 g/mol. The summed E-state index contributed by atoms with van der Waals surface area (Å²) >= 11 is 0. The largest absolute Gasteiger partial charge is 0.346 e. The zero-order valence-corrected chi connectivity index (χ0v) is 10.4. The maximum atomic E-state index is 13.4. The van der Waals surface area contributed by atoms with Crippen molar-refractivity contribution in [2.24, 2.45) is 0 Å². The van der Waals surface area contributed by atoms with Crippen molar-refractivity contribution < 1.29 is 13.6 Å². The van der Waals surface area contributed by atoms with Gasteiger partial charge in [0.25, 0.3) is 5.91 Å². The maximum Gasteiger partial charge on any atom is 0.257 e. The summed E-state index contributed by atoms with van der Waals surface area (Å²) in [6.45, 7) is 2.78. The number of rotatable bonds is 4. The number of nitrogens with zero attached hydrogens (tertiary/aromatic N) is 2. The molecule has 2 aromatic rings. The molecule has 0 radical (unpaired) electrons. The zero-order valence-electron chi connectivity index (χ0n) is 10.4. The second-order valence-corrected chi connectivity index (χ2v) is 3.94. The Labute approximate surface area is 109 Å². The van der Waals surface area contributed by atoms with Crippen LogP contribution in [0.2, 0.25) is 0 Å². The van der Waals surface area contributed by atoms with Crippen LogP contribution in [0.15, 0.2) is 30.5 Å². The number of carbonyl (C=O) groups excluding carboxylic acids is 1. The molecule has 0 unspecified atom stereocenters. The summed E-state index contributed by atoms with van der Waals surface area (Å²) in [5.41, 5.74) is 0.0596. The number of aryl methyl sites for hydroxylation is 1. The summed E-state index contributed by atoms with van der Waals surface area (Å²) in [5, 5.41) is 6.59. The van der Waals surface area contributed by atoms with Crippen molar-refractivity contribution in [3.05, 3.63) is 53.4 Å². The standard InChI is InChI=1S/C13H13F2N3O/c1-2-18-7-6-9(17-18)8-16-13(19)12-10(14)4-3-5-11(12)15/h3-7H,2,8H2,1H3,(H,16,19). The molecule has 0 bridgehead atoms. The number of hydrogen-bond acceptors (Lipinski definition) is 2. The lowest BCUT2D eigenvalue weighted by Crippen LogP contribution is -2.25. The number of hydrogen-bond donors (Lipinski definition) is 1. The van der Waals surface area contributed by atoms with Crippen LogP contribution in [0.25, 0.3) is 0 Å². The van der Waals surface area contributed by atoms with Crippen molar-refractivity contribution in [1.82, 2.24) is 15.1 Å². The lowest BCUT2D eigenvalue weighted by atomic mass is 10.2. The van der Waals surface area contributed by atoms with E-state index in [4.69, 9.17) is 0 Å². The van der Waals surface area contributed by atoms with Gasteiger partial charge < -0.3 is 5.32 Å². The molecule has 0 aliphatic heterocycles. The van der Waals surface area contributed by atoms with E-state index in [9.17, 15) is 13.6 Å². The Hall–Kier alpha value is -2.24. The lowest BCUT2D eigenvalue weighted by molar-refractivity contribution is 0.0942. The van der Waals surface area contributed by atoms with E-state index in [1.54, 1.807) is 16.9 Å². The number of aromatic nitrogens is 2. The molecule has 0 fully saturated rings. The third-order valence-corrected chi connectivity index (χ3v) is 2.64. The highest BCUT2D eigenvalue weighted by molar-refractivity contribution is 5.94. The Balaban J connectivity index is 2.05. The summed E-state index contributed by atoms with van der Waals surface area (Å²) in [6.07, 6.45) is 1.77. The first-order valence-corrected chi connectivity index (χ1v) is 5.86. The highest BCUT2D eigenvalue weighted by Crippen LogP contribution is 2.11. The maximum absolute atomic E-state index is 13.4. The zero-order chi connectivity index (χ0) is 13.8. The van der Waals surface area contributed by atoms with Crippen molar-refractivity contribution in [3.63, 3.8) is 0 Å². The number of halogens is 2. The summed E-state index contributed by atoms with van der Waals surface area (Å²) in [7, 11) is 0. The van der Waals surface area contributed by atoms with Gasteiger partial charge in [0.05, 0.1) is 12.2 Å². The smallest absolute Gasteiger partial charge is 0.257 e. The van der Waals surface area contributed by atoms with Crippen LogP contribution < -0.4 is 5.32 Å². The Kier molecular flexibility index (Phi) is 3.89. The number of nitrogens with one attached hydrogen (secondary N) is 1. The molecule has 100 valence electrons. The van der Waals surface area contributed by atoms with E-state index in [1.807, 2.05) is 6.92 Å². The van der Waals surface area contributed by atoms with Crippen LogP contribution in [0, 0.1) is 11.6 Å². The van der Waals surface area contributed by atoms with E-state index in [-0.39, 0.29) is 6.54 Å². The minimum atomic E-state index is -0.878. The van der Waals surface area contributed by atoms with Gasteiger partial charge in [-0.05, 0) is 25.1 Å².